The molecule has 0 amide bonds. The molecule has 1 aliphatic rings. The van der Waals surface area contributed by atoms with Crippen molar-refractivity contribution in [2.75, 3.05) is 19.6 Å². The first-order chi connectivity index (χ1) is 7.27. The van der Waals surface area contributed by atoms with Gasteiger partial charge in [0.05, 0.1) is 0 Å². The molecule has 1 rings (SSSR count). The average molecular weight is 212 g/mol. The molecular weight excluding hydrogens is 184 g/mol. The van der Waals surface area contributed by atoms with E-state index in [1.807, 2.05) is 0 Å². The number of nitrogens with one attached hydrogen (secondary N) is 1. The molecule has 0 radical (unpaired) electrons. The second-order valence-corrected chi connectivity index (χ2v) is 4.89. The summed E-state index contributed by atoms with van der Waals surface area (Å²) in [6.45, 7) is 10.7. The zero-order chi connectivity index (χ0) is 11.1. The van der Waals surface area contributed by atoms with Crippen molar-refractivity contribution in [2.24, 2.45) is 0 Å². The van der Waals surface area contributed by atoms with E-state index in [9.17, 15) is 0 Å². The predicted molar refractivity (Wildman–Crippen MR) is 67.3 cm³/mol. The number of nitrogens with zero attached hydrogens (tertiary/aromatic N) is 1. The first-order valence-corrected chi connectivity index (χ1v) is 6.75. The molecule has 0 saturated carbocycles. The number of hydrogen-bond acceptors (Lipinski definition) is 2. The lowest BCUT2D eigenvalue weighted by Crippen LogP contribution is -2.42. The van der Waals surface area contributed by atoms with Crippen molar-refractivity contribution in [3.8, 4) is 0 Å². The van der Waals surface area contributed by atoms with Gasteiger partial charge in [-0.1, -0.05) is 20.3 Å². The van der Waals surface area contributed by atoms with Crippen LogP contribution in [0.3, 0.4) is 0 Å². The van der Waals surface area contributed by atoms with Gasteiger partial charge in [0.25, 0.3) is 0 Å². The lowest BCUT2D eigenvalue weighted by molar-refractivity contribution is 0.243. The van der Waals surface area contributed by atoms with Crippen molar-refractivity contribution in [3.63, 3.8) is 0 Å². The van der Waals surface area contributed by atoms with E-state index in [-0.39, 0.29) is 0 Å². The van der Waals surface area contributed by atoms with Gasteiger partial charge in [-0.3, -0.25) is 4.90 Å². The summed E-state index contributed by atoms with van der Waals surface area (Å²) >= 11 is 0. The van der Waals surface area contributed by atoms with Gasteiger partial charge in [-0.15, -0.1) is 0 Å². The van der Waals surface area contributed by atoms with Crippen LogP contribution in [0.4, 0.5) is 0 Å². The van der Waals surface area contributed by atoms with Crippen molar-refractivity contribution >= 4 is 0 Å². The van der Waals surface area contributed by atoms with Crippen molar-refractivity contribution in [1.29, 1.82) is 0 Å². The third-order valence-electron chi connectivity index (χ3n) is 3.60. The first-order valence-electron chi connectivity index (χ1n) is 6.75. The van der Waals surface area contributed by atoms with E-state index in [0.29, 0.717) is 0 Å². The van der Waals surface area contributed by atoms with E-state index in [1.54, 1.807) is 0 Å². The zero-order valence-corrected chi connectivity index (χ0v) is 10.8. The van der Waals surface area contributed by atoms with Gasteiger partial charge in [0.2, 0.25) is 0 Å². The van der Waals surface area contributed by atoms with Crippen LogP contribution < -0.4 is 5.32 Å². The molecule has 0 aromatic carbocycles. The maximum Gasteiger partial charge on any atom is 0.0192 e. The molecule has 1 aliphatic heterocycles. The molecule has 0 spiro atoms. The van der Waals surface area contributed by atoms with E-state index < -0.39 is 0 Å². The summed E-state index contributed by atoms with van der Waals surface area (Å²) in [6.07, 6.45) is 6.68. The van der Waals surface area contributed by atoms with Crippen molar-refractivity contribution in [3.05, 3.63) is 0 Å². The second-order valence-electron chi connectivity index (χ2n) is 4.89. The Morgan fingerprint density at radius 3 is 2.40 bits per heavy atom. The fraction of sp³-hybridized carbons (Fsp3) is 1.00. The molecule has 0 aromatic heterocycles. The molecule has 1 saturated heterocycles. The van der Waals surface area contributed by atoms with Crippen LogP contribution in [0, 0.1) is 0 Å². The highest BCUT2D eigenvalue weighted by atomic mass is 15.2. The predicted octanol–water partition coefficient (Wildman–Crippen LogP) is 2.64. The number of rotatable bonds is 7. The Hall–Kier alpha value is -0.0800. The summed E-state index contributed by atoms with van der Waals surface area (Å²) in [5, 5.41) is 3.71. The summed E-state index contributed by atoms with van der Waals surface area (Å²) in [4.78, 5) is 2.62. The number of likely N-dealkylation sites (tertiary alicyclic amines) is 1. The van der Waals surface area contributed by atoms with Gasteiger partial charge in [0.15, 0.2) is 0 Å². The van der Waals surface area contributed by atoms with E-state index in [1.165, 1.54) is 51.7 Å². The lowest BCUT2D eigenvalue weighted by Gasteiger charge is -2.26. The fourth-order valence-corrected chi connectivity index (χ4v) is 2.45. The van der Waals surface area contributed by atoms with Gasteiger partial charge in [0, 0.05) is 18.6 Å². The molecule has 1 N–H and O–H groups in total. The Balaban J connectivity index is 2.16. The monoisotopic (exact) mass is 212 g/mol. The lowest BCUT2D eigenvalue weighted by atomic mass is 10.1. The fourth-order valence-electron chi connectivity index (χ4n) is 2.45. The Morgan fingerprint density at radius 1 is 1.20 bits per heavy atom. The third kappa shape index (κ3) is 4.52. The standard InChI is InChI=1S/C13H28N2/c1-4-8-13(5-2)14-11-12(3)15-9-6-7-10-15/h12-14H,4-11H2,1-3H3. The topological polar surface area (TPSA) is 15.3 Å². The number of hydrogen-bond donors (Lipinski definition) is 1. The van der Waals surface area contributed by atoms with Crippen molar-refractivity contribution < 1.29 is 0 Å². The molecule has 2 unspecified atom stereocenters. The first kappa shape index (κ1) is 13.0. The van der Waals surface area contributed by atoms with E-state index in [4.69, 9.17) is 0 Å². The second kappa shape index (κ2) is 7.24. The van der Waals surface area contributed by atoms with Crippen LogP contribution in [0.25, 0.3) is 0 Å². The van der Waals surface area contributed by atoms with Crippen LogP contribution in [0.5, 0.6) is 0 Å². The molecular formula is C13H28N2. The van der Waals surface area contributed by atoms with Gasteiger partial charge in [0.1, 0.15) is 0 Å². The minimum Gasteiger partial charge on any atom is -0.312 e. The van der Waals surface area contributed by atoms with Gasteiger partial charge >= 0.3 is 0 Å². The summed E-state index contributed by atoms with van der Waals surface area (Å²) in [7, 11) is 0. The largest absolute Gasteiger partial charge is 0.312 e. The van der Waals surface area contributed by atoms with Crippen molar-refractivity contribution in [2.45, 2.75) is 65.0 Å². The molecule has 2 atom stereocenters. The van der Waals surface area contributed by atoms with Gasteiger partial charge in [-0.25, -0.2) is 0 Å². The van der Waals surface area contributed by atoms with Gasteiger partial charge in [-0.2, -0.15) is 0 Å². The van der Waals surface area contributed by atoms with Crippen LogP contribution >= 0.6 is 0 Å². The Kier molecular flexibility index (Phi) is 6.26. The quantitative estimate of drug-likeness (QED) is 0.698. The van der Waals surface area contributed by atoms with Crippen LogP contribution in [-0.2, 0) is 0 Å². The molecule has 0 aromatic rings. The Bertz CT molecular complexity index is 153. The summed E-state index contributed by atoms with van der Waals surface area (Å²) in [5.41, 5.74) is 0. The van der Waals surface area contributed by atoms with E-state index in [0.717, 1.165) is 12.1 Å². The van der Waals surface area contributed by atoms with Crippen LogP contribution in [-0.4, -0.2) is 36.6 Å². The van der Waals surface area contributed by atoms with E-state index >= 15 is 0 Å². The molecule has 0 aliphatic carbocycles. The highest BCUT2D eigenvalue weighted by Gasteiger charge is 2.18. The maximum atomic E-state index is 3.71. The molecule has 15 heavy (non-hydrogen) atoms. The minimum atomic E-state index is 0.721. The van der Waals surface area contributed by atoms with Gasteiger partial charge in [-0.05, 0) is 45.7 Å². The highest BCUT2D eigenvalue weighted by molar-refractivity contribution is 4.76. The smallest absolute Gasteiger partial charge is 0.0192 e. The molecule has 2 nitrogen and oxygen atoms in total. The molecule has 1 fully saturated rings. The van der Waals surface area contributed by atoms with Crippen LogP contribution in [0.15, 0.2) is 0 Å². The van der Waals surface area contributed by atoms with Crippen molar-refractivity contribution in [1.82, 2.24) is 10.2 Å². The zero-order valence-electron chi connectivity index (χ0n) is 10.8. The summed E-state index contributed by atoms with van der Waals surface area (Å²) < 4.78 is 0. The molecule has 2 heteroatoms. The summed E-state index contributed by atoms with van der Waals surface area (Å²) in [6, 6.07) is 1.46. The maximum absolute atomic E-state index is 3.71. The van der Waals surface area contributed by atoms with Crippen LogP contribution in [0.1, 0.15) is 52.9 Å². The Morgan fingerprint density at radius 2 is 1.87 bits per heavy atom. The molecule has 0 bridgehead atoms. The SMILES string of the molecule is CCCC(CC)NCC(C)N1CCCC1. The molecule has 90 valence electrons. The van der Waals surface area contributed by atoms with Crippen LogP contribution in [0.2, 0.25) is 0 Å². The molecule has 1 heterocycles. The van der Waals surface area contributed by atoms with Gasteiger partial charge < -0.3 is 5.32 Å². The normalized spacial score (nSPS) is 21.8. The van der Waals surface area contributed by atoms with E-state index in [2.05, 4.69) is 31.0 Å². The Labute approximate surface area is 95.4 Å². The highest BCUT2D eigenvalue weighted by Crippen LogP contribution is 2.11. The average Bonchev–Trinajstić information content (AvgIpc) is 2.77. The third-order valence-corrected chi connectivity index (χ3v) is 3.60. The minimum absolute atomic E-state index is 0.721. The summed E-state index contributed by atoms with van der Waals surface area (Å²) in [5.74, 6) is 0.